The molecule has 0 atom stereocenters. The first-order chi connectivity index (χ1) is 11.4. The van der Waals surface area contributed by atoms with Crippen LogP contribution in [0.25, 0.3) is 0 Å². The second-order valence-corrected chi connectivity index (χ2v) is 6.03. The average Bonchev–Trinajstić information content (AvgIpc) is 3.14. The minimum Gasteiger partial charge on any atom is -0.454 e. The number of nitrogens with zero attached hydrogens (tertiary/aromatic N) is 2. The summed E-state index contributed by atoms with van der Waals surface area (Å²) in [6.07, 6.45) is -4.15. The third-order valence-electron chi connectivity index (χ3n) is 3.17. The molecule has 6 nitrogen and oxygen atoms in total. The quantitative estimate of drug-likeness (QED) is 0.886. The smallest absolute Gasteiger partial charge is 0.445 e. The first kappa shape index (κ1) is 16.5. The van der Waals surface area contributed by atoms with E-state index < -0.39 is 11.2 Å². The maximum atomic E-state index is 12.4. The van der Waals surface area contributed by atoms with E-state index in [0.717, 1.165) is 5.56 Å². The van der Waals surface area contributed by atoms with E-state index in [1.165, 1.54) is 0 Å². The molecular formula is C14H12F3N3O3S. The number of alkyl halides is 3. The predicted molar refractivity (Wildman–Crippen MR) is 77.9 cm³/mol. The maximum absolute atomic E-state index is 12.4. The van der Waals surface area contributed by atoms with E-state index in [1.807, 2.05) is 0 Å². The van der Waals surface area contributed by atoms with Gasteiger partial charge < -0.3 is 14.8 Å². The van der Waals surface area contributed by atoms with Crippen molar-refractivity contribution in [1.29, 1.82) is 0 Å². The Hall–Kier alpha value is -2.36. The van der Waals surface area contributed by atoms with E-state index in [-0.39, 0.29) is 37.1 Å². The lowest BCUT2D eigenvalue weighted by molar-refractivity contribution is -0.138. The summed E-state index contributed by atoms with van der Waals surface area (Å²) in [6.45, 7) is 0.350. The van der Waals surface area contributed by atoms with Gasteiger partial charge in [-0.3, -0.25) is 4.79 Å². The molecule has 0 fully saturated rings. The number of fused-ring (bicyclic) bond motifs is 1. The van der Waals surface area contributed by atoms with Gasteiger partial charge in [0, 0.05) is 13.0 Å². The van der Waals surface area contributed by atoms with Crippen LogP contribution >= 0.6 is 11.3 Å². The summed E-state index contributed by atoms with van der Waals surface area (Å²) in [6, 6.07) is 5.21. The molecule has 0 unspecified atom stereocenters. The summed E-state index contributed by atoms with van der Waals surface area (Å²) in [5.74, 6) is 0.985. The highest BCUT2D eigenvalue weighted by Gasteiger charge is 2.35. The molecule has 0 radical (unpaired) electrons. The van der Waals surface area contributed by atoms with Gasteiger partial charge in [-0.15, -0.1) is 10.2 Å². The van der Waals surface area contributed by atoms with Crippen molar-refractivity contribution in [3.63, 3.8) is 0 Å². The highest BCUT2D eigenvalue weighted by atomic mass is 32.1. The molecule has 24 heavy (non-hydrogen) atoms. The van der Waals surface area contributed by atoms with Gasteiger partial charge >= 0.3 is 6.18 Å². The van der Waals surface area contributed by atoms with Crippen LogP contribution in [0.1, 0.15) is 15.6 Å². The number of benzene rings is 1. The molecule has 2 heterocycles. The van der Waals surface area contributed by atoms with Crippen molar-refractivity contribution in [2.75, 3.05) is 13.3 Å². The molecule has 128 valence electrons. The van der Waals surface area contributed by atoms with Crippen LogP contribution in [0.15, 0.2) is 18.2 Å². The average molecular weight is 359 g/mol. The second kappa shape index (κ2) is 6.63. The van der Waals surface area contributed by atoms with Crippen LogP contribution in [-0.4, -0.2) is 29.4 Å². The molecule has 1 aromatic carbocycles. The number of hydrogen-bond acceptors (Lipinski definition) is 6. The zero-order chi connectivity index (χ0) is 17.2. The predicted octanol–water partition coefficient (Wildman–Crippen LogP) is 2.19. The van der Waals surface area contributed by atoms with E-state index in [1.54, 1.807) is 18.2 Å². The summed E-state index contributed by atoms with van der Waals surface area (Å²) in [7, 11) is 0. The monoisotopic (exact) mass is 359 g/mol. The first-order valence-electron chi connectivity index (χ1n) is 6.96. The highest BCUT2D eigenvalue weighted by molar-refractivity contribution is 7.11. The van der Waals surface area contributed by atoms with E-state index >= 15 is 0 Å². The zero-order valence-electron chi connectivity index (χ0n) is 12.2. The lowest BCUT2D eigenvalue weighted by atomic mass is 10.1. The fourth-order valence-electron chi connectivity index (χ4n) is 2.08. The van der Waals surface area contributed by atoms with Crippen molar-refractivity contribution in [2.45, 2.75) is 19.0 Å². The lowest BCUT2D eigenvalue weighted by Crippen LogP contribution is -2.27. The van der Waals surface area contributed by atoms with Crippen molar-refractivity contribution in [2.24, 2.45) is 0 Å². The molecule has 0 saturated carbocycles. The molecule has 0 aliphatic carbocycles. The number of carbonyl (C=O) groups excluding carboxylic acids is 1. The summed E-state index contributed by atoms with van der Waals surface area (Å²) < 4.78 is 47.6. The first-order valence-corrected chi connectivity index (χ1v) is 7.78. The Balaban J connectivity index is 1.47. The molecule has 0 spiro atoms. The molecule has 10 heteroatoms. The molecule has 1 aliphatic rings. The molecule has 1 aromatic heterocycles. The fraction of sp³-hybridized carbons (Fsp3) is 0.357. The number of amides is 1. The van der Waals surface area contributed by atoms with Gasteiger partial charge in [0.2, 0.25) is 17.7 Å². The molecule has 3 rings (SSSR count). The lowest BCUT2D eigenvalue weighted by Gasteiger charge is -2.05. The van der Waals surface area contributed by atoms with Gasteiger partial charge in [-0.2, -0.15) is 13.2 Å². The Kier molecular flexibility index (Phi) is 4.56. The van der Waals surface area contributed by atoms with Gasteiger partial charge in [0.15, 0.2) is 11.5 Å². The second-order valence-electron chi connectivity index (χ2n) is 4.96. The molecule has 2 aromatic rings. The van der Waals surface area contributed by atoms with Crippen LogP contribution in [0.4, 0.5) is 13.2 Å². The number of aromatic nitrogens is 2. The van der Waals surface area contributed by atoms with Crippen molar-refractivity contribution in [1.82, 2.24) is 15.5 Å². The molecule has 0 bridgehead atoms. The summed E-state index contributed by atoms with van der Waals surface area (Å²) >= 11 is 0.480. The fourth-order valence-corrected chi connectivity index (χ4v) is 2.78. The summed E-state index contributed by atoms with van der Waals surface area (Å²) in [5.41, 5.74) is 0.757. The van der Waals surface area contributed by atoms with Gasteiger partial charge in [-0.25, -0.2) is 0 Å². The Morgan fingerprint density at radius 3 is 2.79 bits per heavy atom. The Morgan fingerprint density at radius 2 is 2.04 bits per heavy atom. The van der Waals surface area contributed by atoms with Gasteiger partial charge in [-0.1, -0.05) is 17.4 Å². The molecule has 1 amide bonds. The number of hydrogen-bond donors (Lipinski definition) is 1. The normalized spacial score (nSPS) is 13.1. The van der Waals surface area contributed by atoms with Gasteiger partial charge in [-0.05, 0) is 17.7 Å². The van der Waals surface area contributed by atoms with Crippen molar-refractivity contribution in [3.8, 4) is 11.5 Å². The largest absolute Gasteiger partial charge is 0.454 e. The molecule has 0 saturated heterocycles. The van der Waals surface area contributed by atoms with Gasteiger partial charge in [0.1, 0.15) is 5.01 Å². The maximum Gasteiger partial charge on any atom is 0.445 e. The van der Waals surface area contributed by atoms with E-state index in [2.05, 4.69) is 15.5 Å². The van der Waals surface area contributed by atoms with Gasteiger partial charge in [0.25, 0.3) is 0 Å². The van der Waals surface area contributed by atoms with Crippen LogP contribution in [0.5, 0.6) is 11.5 Å². The molecule has 1 N–H and O–H groups in total. The van der Waals surface area contributed by atoms with Gasteiger partial charge in [0.05, 0.1) is 6.42 Å². The number of nitrogens with one attached hydrogen (secondary N) is 1. The van der Waals surface area contributed by atoms with Crippen LogP contribution in [-0.2, 0) is 23.8 Å². The number of carbonyl (C=O) groups is 1. The minimum atomic E-state index is -4.49. The van der Waals surface area contributed by atoms with Crippen LogP contribution in [0.2, 0.25) is 0 Å². The molecular weight excluding hydrogens is 347 g/mol. The van der Waals surface area contributed by atoms with E-state index in [4.69, 9.17) is 9.47 Å². The number of ether oxygens (including phenoxy) is 2. The van der Waals surface area contributed by atoms with Crippen molar-refractivity contribution < 1.29 is 27.4 Å². The number of rotatable bonds is 5. The van der Waals surface area contributed by atoms with Crippen LogP contribution in [0, 0.1) is 0 Å². The molecule has 1 aliphatic heterocycles. The van der Waals surface area contributed by atoms with E-state index in [0.29, 0.717) is 22.8 Å². The minimum absolute atomic E-state index is 0.139. The third-order valence-corrected chi connectivity index (χ3v) is 4.20. The third kappa shape index (κ3) is 3.94. The number of halogens is 3. The highest BCUT2D eigenvalue weighted by Crippen LogP contribution is 2.33. The van der Waals surface area contributed by atoms with E-state index in [9.17, 15) is 18.0 Å². The summed E-state index contributed by atoms with van der Waals surface area (Å²) in [4.78, 5) is 11.9. The van der Waals surface area contributed by atoms with Crippen molar-refractivity contribution >= 4 is 17.2 Å². The van der Waals surface area contributed by atoms with Crippen LogP contribution < -0.4 is 14.8 Å². The topological polar surface area (TPSA) is 73.3 Å². The zero-order valence-corrected chi connectivity index (χ0v) is 13.0. The SMILES string of the molecule is O=C(Cc1ccc2c(c1)OCO2)NCCc1nnc(C(F)(F)F)s1. The Labute approximate surface area is 138 Å². The Morgan fingerprint density at radius 1 is 1.25 bits per heavy atom. The summed E-state index contributed by atoms with van der Waals surface area (Å²) in [5, 5.41) is 8.45. The standard InChI is InChI=1S/C14H12F3N3O3S/c15-14(16,17)13-20-19-12(24-13)3-4-18-11(21)6-8-1-2-9-10(5-8)23-7-22-9/h1-2,5H,3-4,6-7H2,(H,18,21). The van der Waals surface area contributed by atoms with Crippen LogP contribution in [0.3, 0.4) is 0 Å². The Bertz CT molecular complexity index is 748. The van der Waals surface area contributed by atoms with Crippen molar-refractivity contribution in [3.05, 3.63) is 33.8 Å².